The van der Waals surface area contributed by atoms with Gasteiger partial charge in [0.25, 0.3) is 0 Å². The van der Waals surface area contributed by atoms with Crippen molar-refractivity contribution < 1.29 is 24.6 Å². The van der Waals surface area contributed by atoms with Gasteiger partial charge in [0.15, 0.2) is 0 Å². The van der Waals surface area contributed by atoms with Crippen LogP contribution in [0.15, 0.2) is 12.2 Å². The lowest BCUT2D eigenvalue weighted by Crippen LogP contribution is -2.40. The zero-order valence-electron chi connectivity index (χ0n) is 10.1. The number of nitrogens with two attached hydrogens (primary N) is 1. The van der Waals surface area contributed by atoms with Gasteiger partial charge < -0.3 is 20.8 Å². The second-order valence-electron chi connectivity index (χ2n) is 3.80. The molecule has 0 bridgehead atoms. The third-order valence-electron chi connectivity index (χ3n) is 2.17. The predicted octanol–water partition coefficient (Wildman–Crippen LogP) is -0.331. The summed E-state index contributed by atoms with van der Waals surface area (Å²) in [6.45, 7) is 2.74. The Kier molecular flexibility index (Phi) is 7.37. The van der Waals surface area contributed by atoms with Crippen LogP contribution in [0.3, 0.4) is 0 Å². The molecule has 4 N–H and O–H groups in total. The van der Waals surface area contributed by atoms with E-state index in [0.29, 0.717) is 19.4 Å². The molecule has 0 aliphatic heterocycles. The summed E-state index contributed by atoms with van der Waals surface area (Å²) in [5, 5.41) is 17.2. The van der Waals surface area contributed by atoms with E-state index in [2.05, 4.69) is 6.58 Å². The van der Waals surface area contributed by atoms with Crippen molar-refractivity contribution in [1.82, 2.24) is 4.90 Å². The Bertz CT molecular complexity index is 324. The van der Waals surface area contributed by atoms with E-state index in [1.54, 1.807) is 0 Å². The molecule has 7 heteroatoms. The third-order valence-corrected chi connectivity index (χ3v) is 2.17. The largest absolute Gasteiger partial charge is 0.480 e. The van der Waals surface area contributed by atoms with Gasteiger partial charge in [0.1, 0.15) is 13.1 Å². The summed E-state index contributed by atoms with van der Waals surface area (Å²) in [5.74, 6) is -3.17. The normalized spacial score (nSPS) is 9.83. The van der Waals surface area contributed by atoms with Crippen LogP contribution in [0.1, 0.15) is 19.3 Å². The molecule has 0 rings (SSSR count). The molecule has 0 aromatic heterocycles. The van der Waals surface area contributed by atoms with Crippen molar-refractivity contribution in [1.29, 1.82) is 0 Å². The highest BCUT2D eigenvalue weighted by Crippen LogP contribution is 2.08. The molecule has 0 atom stereocenters. The SMILES string of the molecule is C=C(CCCCN)C(=O)N(CC(=O)O)CC(=O)O. The molecule has 0 fully saturated rings. The minimum atomic E-state index is -1.26. The number of amides is 1. The van der Waals surface area contributed by atoms with Crippen LogP contribution >= 0.6 is 0 Å². The monoisotopic (exact) mass is 258 g/mol. The van der Waals surface area contributed by atoms with Gasteiger partial charge in [0, 0.05) is 5.57 Å². The average Bonchev–Trinajstić information content (AvgIpc) is 2.26. The van der Waals surface area contributed by atoms with Crippen LogP contribution in [0, 0.1) is 0 Å². The maximum Gasteiger partial charge on any atom is 0.323 e. The van der Waals surface area contributed by atoms with Crippen LogP contribution < -0.4 is 5.73 Å². The minimum absolute atomic E-state index is 0.200. The van der Waals surface area contributed by atoms with E-state index >= 15 is 0 Å². The lowest BCUT2D eigenvalue weighted by molar-refractivity contribution is -0.147. The molecular weight excluding hydrogens is 240 g/mol. The van der Waals surface area contributed by atoms with E-state index in [0.717, 1.165) is 11.3 Å². The molecular formula is C11H18N2O5. The highest BCUT2D eigenvalue weighted by molar-refractivity contribution is 5.96. The van der Waals surface area contributed by atoms with Crippen molar-refractivity contribution in [2.24, 2.45) is 5.73 Å². The molecule has 0 aromatic carbocycles. The van der Waals surface area contributed by atoms with Crippen molar-refractivity contribution >= 4 is 17.8 Å². The van der Waals surface area contributed by atoms with Gasteiger partial charge in [0.05, 0.1) is 0 Å². The van der Waals surface area contributed by atoms with Crippen molar-refractivity contribution in [2.45, 2.75) is 19.3 Å². The van der Waals surface area contributed by atoms with Crippen LogP contribution in [0.25, 0.3) is 0 Å². The van der Waals surface area contributed by atoms with Gasteiger partial charge in [-0.15, -0.1) is 0 Å². The third kappa shape index (κ3) is 6.64. The van der Waals surface area contributed by atoms with Crippen LogP contribution in [0.2, 0.25) is 0 Å². The van der Waals surface area contributed by atoms with Gasteiger partial charge in [-0.2, -0.15) is 0 Å². The molecule has 0 unspecified atom stereocenters. The van der Waals surface area contributed by atoms with Gasteiger partial charge in [-0.05, 0) is 25.8 Å². The fraction of sp³-hybridized carbons (Fsp3) is 0.545. The van der Waals surface area contributed by atoms with Crippen LogP contribution in [0.5, 0.6) is 0 Å². The number of aliphatic carboxylic acids is 2. The van der Waals surface area contributed by atoms with Crippen molar-refractivity contribution in [3.63, 3.8) is 0 Å². The first kappa shape index (κ1) is 16.1. The molecule has 0 aliphatic carbocycles. The maximum atomic E-state index is 11.8. The molecule has 0 saturated carbocycles. The predicted molar refractivity (Wildman–Crippen MR) is 63.9 cm³/mol. The van der Waals surface area contributed by atoms with Gasteiger partial charge in [-0.25, -0.2) is 0 Å². The molecule has 102 valence electrons. The van der Waals surface area contributed by atoms with E-state index in [4.69, 9.17) is 15.9 Å². The fourth-order valence-electron chi connectivity index (χ4n) is 1.34. The average molecular weight is 258 g/mol. The molecule has 1 amide bonds. The molecule has 7 nitrogen and oxygen atoms in total. The smallest absolute Gasteiger partial charge is 0.323 e. The number of carboxylic acids is 2. The van der Waals surface area contributed by atoms with E-state index in [1.165, 1.54) is 0 Å². The summed E-state index contributed by atoms with van der Waals surface area (Å²) >= 11 is 0. The number of hydrogen-bond donors (Lipinski definition) is 3. The van der Waals surface area contributed by atoms with E-state index in [-0.39, 0.29) is 5.57 Å². The molecule has 0 heterocycles. The van der Waals surface area contributed by atoms with Crippen molar-refractivity contribution in [3.8, 4) is 0 Å². The minimum Gasteiger partial charge on any atom is -0.480 e. The van der Waals surface area contributed by atoms with E-state index < -0.39 is 30.9 Å². The van der Waals surface area contributed by atoms with Crippen LogP contribution in [0.4, 0.5) is 0 Å². The quantitative estimate of drug-likeness (QED) is 0.384. The Morgan fingerprint density at radius 1 is 1.06 bits per heavy atom. The lowest BCUT2D eigenvalue weighted by Gasteiger charge is -2.19. The molecule has 0 aromatic rings. The first-order chi connectivity index (χ1) is 8.38. The van der Waals surface area contributed by atoms with E-state index in [1.807, 2.05) is 0 Å². The Morgan fingerprint density at radius 3 is 1.94 bits per heavy atom. The van der Waals surface area contributed by atoms with E-state index in [9.17, 15) is 14.4 Å². The summed E-state index contributed by atoms with van der Waals surface area (Å²) in [4.78, 5) is 33.6. The Balaban J connectivity index is 4.48. The van der Waals surface area contributed by atoms with Crippen molar-refractivity contribution in [3.05, 3.63) is 12.2 Å². The summed E-state index contributed by atoms with van der Waals surface area (Å²) in [6, 6.07) is 0. The first-order valence-corrected chi connectivity index (χ1v) is 5.49. The topological polar surface area (TPSA) is 121 Å². The Hall–Kier alpha value is -1.89. The maximum absolute atomic E-state index is 11.8. The Labute approximate surface area is 105 Å². The Morgan fingerprint density at radius 2 is 1.56 bits per heavy atom. The van der Waals surface area contributed by atoms with Gasteiger partial charge in [0.2, 0.25) is 5.91 Å². The van der Waals surface area contributed by atoms with Crippen LogP contribution in [-0.2, 0) is 14.4 Å². The number of rotatable bonds is 9. The first-order valence-electron chi connectivity index (χ1n) is 5.49. The molecule has 0 saturated heterocycles. The lowest BCUT2D eigenvalue weighted by atomic mass is 10.1. The van der Waals surface area contributed by atoms with Crippen molar-refractivity contribution in [2.75, 3.05) is 19.6 Å². The van der Waals surface area contributed by atoms with Crippen LogP contribution in [-0.4, -0.2) is 52.6 Å². The second kappa shape index (κ2) is 8.24. The number of hydrogen-bond acceptors (Lipinski definition) is 4. The summed E-state index contributed by atoms with van der Waals surface area (Å²) in [7, 11) is 0. The van der Waals surface area contributed by atoms with Gasteiger partial charge in [-0.3, -0.25) is 14.4 Å². The summed E-state index contributed by atoms with van der Waals surface area (Å²) in [5.41, 5.74) is 5.50. The molecule has 0 radical (unpaired) electrons. The summed E-state index contributed by atoms with van der Waals surface area (Å²) in [6.07, 6.45) is 1.77. The number of nitrogens with zero attached hydrogens (tertiary/aromatic N) is 1. The molecule has 0 aliphatic rings. The highest BCUT2D eigenvalue weighted by atomic mass is 16.4. The number of carbonyl (C=O) groups excluding carboxylic acids is 1. The zero-order chi connectivity index (χ0) is 14.1. The number of unbranched alkanes of at least 4 members (excludes halogenated alkanes) is 1. The molecule has 18 heavy (non-hydrogen) atoms. The number of carboxylic acid groups (broad SMARTS) is 2. The summed E-state index contributed by atoms with van der Waals surface area (Å²) < 4.78 is 0. The second-order valence-corrected chi connectivity index (χ2v) is 3.80. The van der Waals surface area contributed by atoms with Gasteiger partial charge in [-0.1, -0.05) is 6.58 Å². The molecule has 0 spiro atoms. The number of carbonyl (C=O) groups is 3. The zero-order valence-corrected chi connectivity index (χ0v) is 10.1. The van der Waals surface area contributed by atoms with Gasteiger partial charge >= 0.3 is 11.9 Å². The fourth-order valence-corrected chi connectivity index (χ4v) is 1.34. The highest BCUT2D eigenvalue weighted by Gasteiger charge is 2.21. The standard InChI is InChI=1S/C11H18N2O5/c1-8(4-2-3-5-12)11(18)13(6-9(14)15)7-10(16)17/h1-7,12H2,(H,14,15)(H,16,17).